The number of fused-ring (bicyclic) bond motifs is 1. The molecule has 0 saturated carbocycles. The normalized spacial score (nSPS) is 18.0. The molecule has 5 heteroatoms. The number of rotatable bonds is 1. The van der Waals surface area contributed by atoms with Crippen molar-refractivity contribution in [3.63, 3.8) is 0 Å². The van der Waals surface area contributed by atoms with Crippen molar-refractivity contribution in [2.45, 2.75) is 18.8 Å². The molecule has 0 spiro atoms. The van der Waals surface area contributed by atoms with Gasteiger partial charge < -0.3 is 10.5 Å². The summed E-state index contributed by atoms with van der Waals surface area (Å²) in [7, 11) is 0. The molecule has 1 aliphatic heterocycles. The Morgan fingerprint density at radius 1 is 1.25 bits per heavy atom. The third-order valence-electron chi connectivity index (χ3n) is 3.07. The number of nitrogens with zero attached hydrogens (tertiary/aromatic N) is 3. The van der Waals surface area contributed by atoms with Crippen LogP contribution in [-0.2, 0) is 4.74 Å². The maximum atomic E-state index is 5.96. The fraction of sp³-hybridized carbons (Fsp3) is 0.455. The van der Waals surface area contributed by atoms with Crippen molar-refractivity contribution >= 4 is 11.5 Å². The van der Waals surface area contributed by atoms with Crippen molar-refractivity contribution in [2.75, 3.05) is 18.9 Å². The fourth-order valence-electron chi connectivity index (χ4n) is 2.21. The second kappa shape index (κ2) is 3.75. The molecule has 0 aliphatic carbocycles. The summed E-state index contributed by atoms with van der Waals surface area (Å²) in [6, 6.07) is 5.69. The summed E-state index contributed by atoms with van der Waals surface area (Å²) in [5.74, 6) is 2.08. The second-order valence-electron chi connectivity index (χ2n) is 4.09. The molecular formula is C11H14N4O. The molecule has 3 heterocycles. The van der Waals surface area contributed by atoms with Crippen LogP contribution in [-0.4, -0.2) is 27.8 Å². The van der Waals surface area contributed by atoms with Crippen LogP contribution < -0.4 is 5.73 Å². The Morgan fingerprint density at radius 2 is 2.06 bits per heavy atom. The van der Waals surface area contributed by atoms with Crippen LogP contribution >= 0.6 is 0 Å². The first-order chi connectivity index (χ1) is 7.86. The van der Waals surface area contributed by atoms with Crippen molar-refractivity contribution < 1.29 is 4.74 Å². The highest BCUT2D eigenvalue weighted by Gasteiger charge is 2.21. The minimum atomic E-state index is 0.411. The standard InChI is InChI=1S/C11H14N4O/c12-9-2-1-3-10-13-14-11(15(9)10)8-4-6-16-7-5-8/h1-3,8H,4-7,12H2. The molecule has 1 fully saturated rings. The van der Waals surface area contributed by atoms with Gasteiger partial charge in [-0.1, -0.05) is 6.07 Å². The van der Waals surface area contributed by atoms with Crippen LogP contribution in [0.25, 0.3) is 5.65 Å². The van der Waals surface area contributed by atoms with Crippen molar-refractivity contribution in [1.29, 1.82) is 0 Å². The van der Waals surface area contributed by atoms with E-state index in [2.05, 4.69) is 10.2 Å². The van der Waals surface area contributed by atoms with Gasteiger partial charge in [0.25, 0.3) is 0 Å². The Kier molecular flexibility index (Phi) is 2.25. The molecule has 2 N–H and O–H groups in total. The topological polar surface area (TPSA) is 65.4 Å². The minimum absolute atomic E-state index is 0.411. The Labute approximate surface area is 93.2 Å². The molecule has 2 aromatic heterocycles. The minimum Gasteiger partial charge on any atom is -0.385 e. The van der Waals surface area contributed by atoms with Crippen molar-refractivity contribution in [1.82, 2.24) is 14.6 Å². The molecular weight excluding hydrogens is 204 g/mol. The van der Waals surface area contributed by atoms with E-state index in [1.165, 1.54) is 0 Å². The Bertz CT molecular complexity index is 502. The first kappa shape index (κ1) is 9.59. The molecule has 2 aromatic rings. The van der Waals surface area contributed by atoms with E-state index in [9.17, 15) is 0 Å². The Balaban J connectivity index is 2.09. The van der Waals surface area contributed by atoms with Gasteiger partial charge in [0.2, 0.25) is 0 Å². The molecule has 84 valence electrons. The zero-order valence-electron chi connectivity index (χ0n) is 8.97. The molecule has 0 aromatic carbocycles. The highest BCUT2D eigenvalue weighted by atomic mass is 16.5. The maximum absolute atomic E-state index is 5.96. The average molecular weight is 218 g/mol. The molecule has 1 aliphatic rings. The lowest BCUT2D eigenvalue weighted by atomic mass is 9.99. The fourth-order valence-corrected chi connectivity index (χ4v) is 2.21. The van der Waals surface area contributed by atoms with Crippen molar-refractivity contribution in [3.05, 3.63) is 24.0 Å². The monoisotopic (exact) mass is 218 g/mol. The quantitative estimate of drug-likeness (QED) is 0.781. The van der Waals surface area contributed by atoms with Crippen molar-refractivity contribution in [2.24, 2.45) is 0 Å². The summed E-state index contributed by atoms with van der Waals surface area (Å²) in [6.45, 7) is 1.60. The summed E-state index contributed by atoms with van der Waals surface area (Å²) < 4.78 is 7.29. The summed E-state index contributed by atoms with van der Waals surface area (Å²) in [4.78, 5) is 0. The summed E-state index contributed by atoms with van der Waals surface area (Å²) in [6.07, 6.45) is 1.99. The second-order valence-corrected chi connectivity index (χ2v) is 4.09. The number of hydrogen-bond donors (Lipinski definition) is 1. The van der Waals surface area contributed by atoms with Gasteiger partial charge in [0.15, 0.2) is 5.65 Å². The van der Waals surface area contributed by atoms with E-state index in [0.29, 0.717) is 11.7 Å². The maximum Gasteiger partial charge on any atom is 0.162 e. The lowest BCUT2D eigenvalue weighted by Gasteiger charge is -2.20. The van der Waals surface area contributed by atoms with Crippen LogP contribution in [0.4, 0.5) is 5.82 Å². The molecule has 0 radical (unpaired) electrons. The number of pyridine rings is 1. The molecule has 5 nitrogen and oxygen atoms in total. The molecule has 0 atom stereocenters. The van der Waals surface area contributed by atoms with Gasteiger partial charge in [-0.15, -0.1) is 10.2 Å². The lowest BCUT2D eigenvalue weighted by molar-refractivity contribution is 0.0834. The zero-order chi connectivity index (χ0) is 11.0. The van der Waals surface area contributed by atoms with Gasteiger partial charge in [-0.3, -0.25) is 4.40 Å². The van der Waals surface area contributed by atoms with Crippen LogP contribution in [0, 0.1) is 0 Å². The molecule has 16 heavy (non-hydrogen) atoms. The number of aromatic nitrogens is 3. The van der Waals surface area contributed by atoms with Gasteiger partial charge in [-0.05, 0) is 25.0 Å². The number of nitrogen functional groups attached to an aromatic ring is 1. The van der Waals surface area contributed by atoms with Crippen LogP contribution in [0.5, 0.6) is 0 Å². The molecule has 0 amide bonds. The van der Waals surface area contributed by atoms with Gasteiger partial charge in [0.05, 0.1) is 0 Å². The van der Waals surface area contributed by atoms with Crippen LogP contribution in [0.15, 0.2) is 18.2 Å². The van der Waals surface area contributed by atoms with E-state index in [1.54, 1.807) is 0 Å². The van der Waals surface area contributed by atoms with E-state index in [4.69, 9.17) is 10.5 Å². The van der Waals surface area contributed by atoms with E-state index in [1.807, 2.05) is 22.6 Å². The van der Waals surface area contributed by atoms with Gasteiger partial charge in [0.1, 0.15) is 11.6 Å². The SMILES string of the molecule is Nc1cccc2nnc(C3CCOCC3)n12. The molecule has 1 saturated heterocycles. The number of nitrogens with two attached hydrogens (primary N) is 1. The van der Waals surface area contributed by atoms with E-state index in [-0.39, 0.29) is 0 Å². The van der Waals surface area contributed by atoms with E-state index in [0.717, 1.165) is 37.5 Å². The van der Waals surface area contributed by atoms with Gasteiger partial charge in [-0.25, -0.2) is 0 Å². The summed E-state index contributed by atoms with van der Waals surface area (Å²) >= 11 is 0. The Morgan fingerprint density at radius 3 is 2.88 bits per heavy atom. The number of ether oxygens (including phenoxy) is 1. The third-order valence-corrected chi connectivity index (χ3v) is 3.07. The largest absolute Gasteiger partial charge is 0.385 e. The number of anilines is 1. The zero-order valence-corrected chi connectivity index (χ0v) is 8.97. The third kappa shape index (κ3) is 1.44. The van der Waals surface area contributed by atoms with Gasteiger partial charge >= 0.3 is 0 Å². The van der Waals surface area contributed by atoms with Crippen LogP contribution in [0.3, 0.4) is 0 Å². The smallest absolute Gasteiger partial charge is 0.162 e. The van der Waals surface area contributed by atoms with Gasteiger partial charge in [0, 0.05) is 19.1 Å². The van der Waals surface area contributed by atoms with Crippen LogP contribution in [0.1, 0.15) is 24.6 Å². The summed E-state index contributed by atoms with van der Waals surface area (Å²) in [5.41, 5.74) is 6.78. The average Bonchev–Trinajstić information content (AvgIpc) is 2.75. The van der Waals surface area contributed by atoms with Gasteiger partial charge in [-0.2, -0.15) is 0 Å². The predicted octanol–water partition coefficient (Wildman–Crippen LogP) is 1.21. The molecule has 0 bridgehead atoms. The first-order valence-corrected chi connectivity index (χ1v) is 5.53. The summed E-state index contributed by atoms with van der Waals surface area (Å²) in [5, 5.41) is 8.40. The first-order valence-electron chi connectivity index (χ1n) is 5.53. The van der Waals surface area contributed by atoms with Crippen LogP contribution in [0.2, 0.25) is 0 Å². The highest BCUT2D eigenvalue weighted by Crippen LogP contribution is 2.26. The molecule has 3 rings (SSSR count). The van der Waals surface area contributed by atoms with E-state index < -0.39 is 0 Å². The predicted molar refractivity (Wildman–Crippen MR) is 60.2 cm³/mol. The molecule has 0 unspecified atom stereocenters. The van der Waals surface area contributed by atoms with E-state index >= 15 is 0 Å². The van der Waals surface area contributed by atoms with Crippen molar-refractivity contribution in [3.8, 4) is 0 Å². The Hall–Kier alpha value is -1.62. The highest BCUT2D eigenvalue weighted by molar-refractivity contribution is 5.48. The lowest BCUT2D eigenvalue weighted by Crippen LogP contribution is -2.17. The number of hydrogen-bond acceptors (Lipinski definition) is 4.